The summed E-state index contributed by atoms with van der Waals surface area (Å²) in [5.74, 6) is 0. The average Bonchev–Trinajstić information content (AvgIpc) is 2.91. The molecular weight excluding hydrogens is 240 g/mol. The van der Waals surface area contributed by atoms with Crippen molar-refractivity contribution in [2.45, 2.75) is 71.3 Å². The number of thiazole rings is 1. The normalized spacial score (nSPS) is 12.8. The number of aromatic nitrogens is 1. The molecule has 2 nitrogen and oxygen atoms in total. The quantitative estimate of drug-likeness (QED) is 0.575. The lowest BCUT2D eigenvalue weighted by atomic mass is 10.1. The summed E-state index contributed by atoms with van der Waals surface area (Å²) in [5, 5.41) is 6.92. The van der Waals surface area contributed by atoms with E-state index in [9.17, 15) is 0 Å². The predicted octanol–water partition coefficient (Wildman–Crippen LogP) is 4.93. The first-order valence-electron chi connectivity index (χ1n) is 7.51. The second-order valence-electron chi connectivity index (χ2n) is 4.91. The minimum Gasteiger partial charge on any atom is -0.308 e. The van der Waals surface area contributed by atoms with Crippen LogP contribution in [0.3, 0.4) is 0 Å². The Morgan fingerprint density at radius 2 is 1.83 bits per heavy atom. The predicted molar refractivity (Wildman–Crippen MR) is 81.1 cm³/mol. The molecule has 0 saturated heterocycles. The summed E-state index contributed by atoms with van der Waals surface area (Å²) in [7, 11) is 0. The molecule has 0 radical (unpaired) electrons. The molecule has 1 rings (SSSR count). The number of hydrogen-bond acceptors (Lipinski definition) is 3. The molecule has 0 aromatic carbocycles. The van der Waals surface area contributed by atoms with Crippen LogP contribution in [-0.4, -0.2) is 11.5 Å². The zero-order valence-corrected chi connectivity index (χ0v) is 12.8. The Morgan fingerprint density at radius 3 is 2.44 bits per heavy atom. The van der Waals surface area contributed by atoms with Gasteiger partial charge in [-0.15, -0.1) is 11.3 Å². The summed E-state index contributed by atoms with van der Waals surface area (Å²) >= 11 is 1.76. The standard InChI is InChI=1S/C15H28N2S/c1-3-5-6-7-8-9-10-11-16-14(4-2)15-17-12-13-18-15/h12-14,16H,3-11H2,1-2H3. The monoisotopic (exact) mass is 268 g/mol. The summed E-state index contributed by atoms with van der Waals surface area (Å²) < 4.78 is 0. The molecule has 0 fully saturated rings. The molecule has 104 valence electrons. The molecule has 1 N–H and O–H groups in total. The first kappa shape index (κ1) is 15.6. The third-order valence-corrected chi connectivity index (χ3v) is 4.22. The van der Waals surface area contributed by atoms with Crippen LogP contribution in [0.4, 0.5) is 0 Å². The van der Waals surface area contributed by atoms with E-state index in [1.54, 1.807) is 11.3 Å². The van der Waals surface area contributed by atoms with Crippen LogP contribution in [0.2, 0.25) is 0 Å². The van der Waals surface area contributed by atoms with Gasteiger partial charge in [0, 0.05) is 11.6 Å². The number of nitrogens with zero attached hydrogens (tertiary/aromatic N) is 1. The Balaban J connectivity index is 1.99. The minimum absolute atomic E-state index is 0.463. The third kappa shape index (κ3) is 6.50. The SMILES string of the molecule is CCCCCCCCCNC(CC)c1nccs1. The van der Waals surface area contributed by atoms with Gasteiger partial charge in [-0.05, 0) is 19.4 Å². The molecule has 1 heterocycles. The summed E-state index contributed by atoms with van der Waals surface area (Å²) in [6, 6.07) is 0.463. The maximum Gasteiger partial charge on any atom is 0.109 e. The first-order chi connectivity index (χ1) is 8.88. The third-order valence-electron chi connectivity index (χ3n) is 3.33. The summed E-state index contributed by atoms with van der Waals surface area (Å²) in [4.78, 5) is 4.39. The highest BCUT2D eigenvalue weighted by Crippen LogP contribution is 2.18. The van der Waals surface area contributed by atoms with Crippen LogP contribution in [0.5, 0.6) is 0 Å². The largest absolute Gasteiger partial charge is 0.308 e. The molecule has 1 atom stereocenters. The number of nitrogens with one attached hydrogen (secondary N) is 1. The van der Waals surface area contributed by atoms with Crippen LogP contribution < -0.4 is 5.32 Å². The molecule has 1 aromatic heterocycles. The minimum atomic E-state index is 0.463. The second kappa shape index (κ2) is 10.5. The highest BCUT2D eigenvalue weighted by atomic mass is 32.1. The Bertz CT molecular complexity index is 272. The lowest BCUT2D eigenvalue weighted by Gasteiger charge is -2.14. The smallest absolute Gasteiger partial charge is 0.109 e. The summed E-state index contributed by atoms with van der Waals surface area (Å²) in [6.07, 6.45) is 12.7. The summed E-state index contributed by atoms with van der Waals surface area (Å²) in [5.41, 5.74) is 0. The Morgan fingerprint density at radius 1 is 1.11 bits per heavy atom. The Hall–Kier alpha value is -0.410. The summed E-state index contributed by atoms with van der Waals surface area (Å²) in [6.45, 7) is 5.63. The van der Waals surface area contributed by atoms with Gasteiger partial charge < -0.3 is 5.32 Å². The highest BCUT2D eigenvalue weighted by Gasteiger charge is 2.09. The topological polar surface area (TPSA) is 24.9 Å². The zero-order valence-electron chi connectivity index (χ0n) is 12.0. The molecule has 0 aliphatic heterocycles. The molecule has 0 spiro atoms. The van der Waals surface area contributed by atoms with E-state index >= 15 is 0 Å². The van der Waals surface area contributed by atoms with Gasteiger partial charge in [-0.1, -0.05) is 52.4 Å². The molecule has 1 aromatic rings. The molecule has 0 aliphatic carbocycles. The maximum absolute atomic E-state index is 4.39. The van der Waals surface area contributed by atoms with Gasteiger partial charge in [0.25, 0.3) is 0 Å². The van der Waals surface area contributed by atoms with Crippen LogP contribution >= 0.6 is 11.3 Å². The van der Waals surface area contributed by atoms with Crippen molar-refractivity contribution >= 4 is 11.3 Å². The van der Waals surface area contributed by atoms with Crippen molar-refractivity contribution in [3.8, 4) is 0 Å². The van der Waals surface area contributed by atoms with Gasteiger partial charge in [-0.2, -0.15) is 0 Å². The van der Waals surface area contributed by atoms with Crippen molar-refractivity contribution in [3.05, 3.63) is 16.6 Å². The van der Waals surface area contributed by atoms with Gasteiger partial charge in [0.05, 0.1) is 6.04 Å². The van der Waals surface area contributed by atoms with E-state index in [2.05, 4.69) is 29.5 Å². The molecule has 0 aliphatic rings. The number of hydrogen-bond donors (Lipinski definition) is 1. The van der Waals surface area contributed by atoms with Crippen molar-refractivity contribution in [1.82, 2.24) is 10.3 Å². The van der Waals surface area contributed by atoms with Crippen molar-refractivity contribution in [3.63, 3.8) is 0 Å². The van der Waals surface area contributed by atoms with Gasteiger partial charge in [-0.3, -0.25) is 0 Å². The van der Waals surface area contributed by atoms with Gasteiger partial charge >= 0.3 is 0 Å². The fraction of sp³-hybridized carbons (Fsp3) is 0.800. The van der Waals surface area contributed by atoms with Crippen LogP contribution in [-0.2, 0) is 0 Å². The van der Waals surface area contributed by atoms with E-state index in [0.29, 0.717) is 6.04 Å². The van der Waals surface area contributed by atoms with E-state index in [4.69, 9.17) is 0 Å². The van der Waals surface area contributed by atoms with E-state index < -0.39 is 0 Å². The average molecular weight is 268 g/mol. The van der Waals surface area contributed by atoms with Crippen molar-refractivity contribution < 1.29 is 0 Å². The molecule has 0 amide bonds. The van der Waals surface area contributed by atoms with Gasteiger partial charge in [0.1, 0.15) is 5.01 Å². The van der Waals surface area contributed by atoms with Crippen LogP contribution in [0.1, 0.15) is 76.3 Å². The number of rotatable bonds is 11. The molecule has 18 heavy (non-hydrogen) atoms. The van der Waals surface area contributed by atoms with Crippen molar-refractivity contribution in [2.75, 3.05) is 6.54 Å². The molecule has 1 unspecified atom stereocenters. The lowest BCUT2D eigenvalue weighted by Crippen LogP contribution is -2.21. The van der Waals surface area contributed by atoms with E-state index in [1.807, 2.05) is 6.20 Å². The fourth-order valence-electron chi connectivity index (χ4n) is 2.17. The first-order valence-corrected chi connectivity index (χ1v) is 8.39. The van der Waals surface area contributed by atoms with E-state index in [1.165, 1.54) is 50.0 Å². The Kier molecular flexibility index (Phi) is 9.13. The molecule has 0 bridgehead atoms. The molecular formula is C15H28N2S. The number of unbranched alkanes of at least 4 members (excludes halogenated alkanes) is 6. The van der Waals surface area contributed by atoms with E-state index in [-0.39, 0.29) is 0 Å². The van der Waals surface area contributed by atoms with Gasteiger partial charge in [-0.25, -0.2) is 4.98 Å². The van der Waals surface area contributed by atoms with E-state index in [0.717, 1.165) is 13.0 Å². The molecule has 0 saturated carbocycles. The fourth-order valence-corrected chi connectivity index (χ4v) is 2.97. The second-order valence-corrected chi connectivity index (χ2v) is 5.83. The van der Waals surface area contributed by atoms with Crippen LogP contribution in [0.15, 0.2) is 11.6 Å². The van der Waals surface area contributed by atoms with Crippen LogP contribution in [0.25, 0.3) is 0 Å². The van der Waals surface area contributed by atoms with Crippen molar-refractivity contribution in [1.29, 1.82) is 0 Å². The lowest BCUT2D eigenvalue weighted by molar-refractivity contribution is 0.490. The van der Waals surface area contributed by atoms with Gasteiger partial charge in [0.2, 0.25) is 0 Å². The van der Waals surface area contributed by atoms with Crippen LogP contribution in [0, 0.1) is 0 Å². The maximum atomic E-state index is 4.39. The molecule has 3 heteroatoms. The zero-order chi connectivity index (χ0) is 13.1. The Labute approximate surface area is 116 Å². The highest BCUT2D eigenvalue weighted by molar-refractivity contribution is 7.09. The van der Waals surface area contributed by atoms with Gasteiger partial charge in [0.15, 0.2) is 0 Å². The van der Waals surface area contributed by atoms with Crippen molar-refractivity contribution in [2.24, 2.45) is 0 Å².